The van der Waals surface area contributed by atoms with E-state index in [2.05, 4.69) is 10.6 Å². The summed E-state index contributed by atoms with van der Waals surface area (Å²) in [5.41, 5.74) is 12.5. The molecule has 6 N–H and O–H groups in total. The fraction of sp³-hybridized carbons (Fsp3) is 0.385. The Morgan fingerprint density at radius 3 is 2.63 bits per heavy atom. The number of rotatable bonds is 6. The van der Waals surface area contributed by atoms with Crippen LogP contribution < -0.4 is 22.1 Å². The van der Waals surface area contributed by atoms with Gasteiger partial charge in [0.05, 0.1) is 11.4 Å². The number of carbonyl (C=O) groups excluding carboxylic acids is 2. The van der Waals surface area contributed by atoms with Gasteiger partial charge >= 0.3 is 0 Å². The van der Waals surface area contributed by atoms with Crippen molar-refractivity contribution >= 4 is 23.2 Å². The summed E-state index contributed by atoms with van der Waals surface area (Å²) in [6.45, 7) is 0.499. The zero-order valence-electron chi connectivity index (χ0n) is 10.6. The Hall–Kier alpha value is -2.24. The minimum atomic E-state index is -0.512. The van der Waals surface area contributed by atoms with E-state index in [4.69, 9.17) is 11.5 Å². The monoisotopic (exact) mass is 262 g/mol. The predicted molar refractivity (Wildman–Crippen MR) is 73.6 cm³/mol. The Morgan fingerprint density at radius 1 is 1.32 bits per heavy atom. The van der Waals surface area contributed by atoms with Gasteiger partial charge in [0.2, 0.25) is 11.8 Å². The molecular weight excluding hydrogens is 244 g/mol. The van der Waals surface area contributed by atoms with E-state index >= 15 is 0 Å². The van der Waals surface area contributed by atoms with E-state index in [-0.39, 0.29) is 5.91 Å². The summed E-state index contributed by atoms with van der Waals surface area (Å²) in [6.07, 6.45) is 2.56. The Bertz CT molecular complexity index is 497. The molecule has 6 nitrogen and oxygen atoms in total. The van der Waals surface area contributed by atoms with Crippen molar-refractivity contribution in [2.45, 2.75) is 25.3 Å². The van der Waals surface area contributed by atoms with Gasteiger partial charge in [-0.3, -0.25) is 9.59 Å². The van der Waals surface area contributed by atoms with Crippen LogP contribution in [0.5, 0.6) is 0 Å². The van der Waals surface area contributed by atoms with Crippen molar-refractivity contribution in [3.8, 4) is 0 Å². The highest BCUT2D eigenvalue weighted by Crippen LogP contribution is 2.20. The topological polar surface area (TPSA) is 110 Å². The lowest BCUT2D eigenvalue weighted by molar-refractivity contribution is -0.120. The summed E-state index contributed by atoms with van der Waals surface area (Å²) in [7, 11) is 0. The molecule has 0 heterocycles. The molecule has 2 amide bonds. The number of amides is 2. The van der Waals surface area contributed by atoms with Gasteiger partial charge in [-0.1, -0.05) is 0 Å². The average molecular weight is 262 g/mol. The molecule has 0 spiro atoms. The summed E-state index contributed by atoms with van der Waals surface area (Å²) >= 11 is 0. The van der Waals surface area contributed by atoms with Crippen molar-refractivity contribution in [1.82, 2.24) is 5.32 Å². The Kier molecular flexibility index (Phi) is 3.89. The van der Waals surface area contributed by atoms with E-state index in [0.717, 1.165) is 12.8 Å². The highest BCUT2D eigenvalue weighted by atomic mass is 16.2. The Morgan fingerprint density at radius 2 is 2.05 bits per heavy atom. The molecule has 0 aromatic heterocycles. The summed E-state index contributed by atoms with van der Waals surface area (Å²) in [6, 6.07) is 5.20. The van der Waals surface area contributed by atoms with E-state index in [1.165, 1.54) is 6.07 Å². The molecule has 1 aliphatic rings. The Labute approximate surface area is 111 Å². The number of hydrogen-bond acceptors (Lipinski definition) is 4. The van der Waals surface area contributed by atoms with Gasteiger partial charge in [0, 0.05) is 24.6 Å². The number of nitrogens with one attached hydrogen (secondary N) is 2. The first-order valence-corrected chi connectivity index (χ1v) is 6.29. The lowest BCUT2D eigenvalue weighted by Crippen LogP contribution is -2.27. The van der Waals surface area contributed by atoms with Crippen molar-refractivity contribution in [3.63, 3.8) is 0 Å². The van der Waals surface area contributed by atoms with Crippen molar-refractivity contribution in [1.29, 1.82) is 0 Å². The van der Waals surface area contributed by atoms with Crippen LogP contribution in [0, 0.1) is 0 Å². The van der Waals surface area contributed by atoms with Crippen LogP contribution in [0.1, 0.15) is 29.6 Å². The van der Waals surface area contributed by atoms with Crippen LogP contribution in [0.15, 0.2) is 18.2 Å². The lowest BCUT2D eigenvalue weighted by Gasteiger charge is -2.10. The fourth-order valence-corrected chi connectivity index (χ4v) is 1.72. The van der Waals surface area contributed by atoms with Crippen molar-refractivity contribution in [2.24, 2.45) is 5.73 Å². The maximum Gasteiger partial charge on any atom is 0.248 e. The van der Waals surface area contributed by atoms with Crippen molar-refractivity contribution in [2.75, 3.05) is 17.6 Å². The number of primary amides is 1. The zero-order valence-corrected chi connectivity index (χ0v) is 10.6. The quantitative estimate of drug-likeness (QED) is 0.558. The molecule has 1 saturated carbocycles. The smallest absolute Gasteiger partial charge is 0.248 e. The molecule has 19 heavy (non-hydrogen) atoms. The van der Waals surface area contributed by atoms with Gasteiger partial charge in [-0.15, -0.1) is 0 Å². The second-order valence-corrected chi connectivity index (χ2v) is 4.68. The van der Waals surface area contributed by atoms with Gasteiger partial charge in [0.1, 0.15) is 0 Å². The normalized spacial score (nSPS) is 13.9. The summed E-state index contributed by atoms with van der Waals surface area (Å²) in [5, 5.41) is 5.97. The predicted octanol–water partition coefficient (Wildman–Crippen LogP) is 0.448. The maximum absolute atomic E-state index is 11.5. The van der Waals surface area contributed by atoms with Crippen LogP contribution in [-0.4, -0.2) is 24.4 Å². The van der Waals surface area contributed by atoms with Crippen molar-refractivity contribution < 1.29 is 9.59 Å². The van der Waals surface area contributed by atoms with Gasteiger partial charge in [0.25, 0.3) is 0 Å². The molecular formula is C13H18N4O2. The third-order valence-electron chi connectivity index (χ3n) is 2.95. The SMILES string of the molecule is NC(=O)c1ccc(NCCC(=O)NC2CC2)c(N)c1. The van der Waals surface area contributed by atoms with Crippen LogP contribution in [0.2, 0.25) is 0 Å². The Balaban J connectivity index is 1.81. The second-order valence-electron chi connectivity index (χ2n) is 4.68. The fourth-order valence-electron chi connectivity index (χ4n) is 1.72. The molecule has 0 unspecified atom stereocenters. The summed E-state index contributed by atoms with van der Waals surface area (Å²) < 4.78 is 0. The van der Waals surface area contributed by atoms with Crippen LogP contribution >= 0.6 is 0 Å². The molecule has 0 radical (unpaired) electrons. The average Bonchev–Trinajstić information content (AvgIpc) is 3.14. The van der Waals surface area contributed by atoms with Crippen LogP contribution in [-0.2, 0) is 4.79 Å². The second kappa shape index (κ2) is 5.60. The first kappa shape index (κ1) is 13.2. The van der Waals surface area contributed by atoms with Crippen molar-refractivity contribution in [3.05, 3.63) is 23.8 Å². The van der Waals surface area contributed by atoms with E-state index in [0.29, 0.717) is 35.9 Å². The maximum atomic E-state index is 11.5. The first-order valence-electron chi connectivity index (χ1n) is 6.29. The number of carbonyl (C=O) groups is 2. The molecule has 1 fully saturated rings. The molecule has 0 atom stereocenters. The molecule has 2 rings (SSSR count). The third kappa shape index (κ3) is 3.87. The van der Waals surface area contributed by atoms with Crippen LogP contribution in [0.25, 0.3) is 0 Å². The molecule has 102 valence electrons. The molecule has 0 bridgehead atoms. The molecule has 1 aromatic carbocycles. The molecule has 6 heteroatoms. The number of nitrogens with two attached hydrogens (primary N) is 2. The number of benzene rings is 1. The largest absolute Gasteiger partial charge is 0.397 e. The van der Waals surface area contributed by atoms with Crippen LogP contribution in [0.3, 0.4) is 0 Å². The highest BCUT2D eigenvalue weighted by molar-refractivity contribution is 5.94. The van der Waals surface area contributed by atoms with E-state index in [1.807, 2.05) is 0 Å². The molecule has 1 aliphatic carbocycles. The zero-order chi connectivity index (χ0) is 13.8. The van der Waals surface area contributed by atoms with Gasteiger partial charge in [0.15, 0.2) is 0 Å². The molecule has 0 aliphatic heterocycles. The van der Waals surface area contributed by atoms with E-state index in [1.54, 1.807) is 12.1 Å². The first-order chi connectivity index (χ1) is 9.06. The standard InChI is InChI=1S/C13H18N4O2/c14-10-7-8(13(15)19)1-4-11(10)16-6-5-12(18)17-9-2-3-9/h1,4,7,9,16H,2-3,5-6,14H2,(H2,15,19)(H,17,18). The minimum Gasteiger partial charge on any atom is -0.397 e. The summed E-state index contributed by atoms with van der Waals surface area (Å²) in [5.74, 6) is -0.468. The van der Waals surface area contributed by atoms with Gasteiger partial charge < -0.3 is 22.1 Å². The molecule has 1 aromatic rings. The minimum absolute atomic E-state index is 0.0438. The van der Waals surface area contributed by atoms with Gasteiger partial charge in [-0.05, 0) is 31.0 Å². The number of anilines is 2. The van der Waals surface area contributed by atoms with E-state index < -0.39 is 5.91 Å². The summed E-state index contributed by atoms with van der Waals surface area (Å²) in [4.78, 5) is 22.4. The van der Waals surface area contributed by atoms with Gasteiger partial charge in [-0.2, -0.15) is 0 Å². The van der Waals surface area contributed by atoms with Gasteiger partial charge in [-0.25, -0.2) is 0 Å². The lowest BCUT2D eigenvalue weighted by atomic mass is 10.1. The number of nitrogen functional groups attached to an aromatic ring is 1. The number of hydrogen-bond donors (Lipinski definition) is 4. The van der Waals surface area contributed by atoms with E-state index in [9.17, 15) is 9.59 Å². The molecule has 0 saturated heterocycles. The third-order valence-corrected chi connectivity index (χ3v) is 2.95. The van der Waals surface area contributed by atoms with Crippen LogP contribution in [0.4, 0.5) is 11.4 Å². The highest BCUT2D eigenvalue weighted by Gasteiger charge is 2.22.